The lowest BCUT2D eigenvalue weighted by atomic mass is 9.93. The number of amidine groups is 1. The molecule has 10 heteroatoms. The van der Waals surface area contributed by atoms with Crippen LogP contribution in [0.2, 0.25) is 5.02 Å². The number of hydrogen-bond acceptors (Lipinski definition) is 7. The highest BCUT2D eigenvalue weighted by Gasteiger charge is 2.45. The van der Waals surface area contributed by atoms with Gasteiger partial charge in [-0.15, -0.1) is 0 Å². The van der Waals surface area contributed by atoms with Crippen molar-refractivity contribution in [3.05, 3.63) is 70.7 Å². The van der Waals surface area contributed by atoms with Crippen LogP contribution in [0.1, 0.15) is 50.3 Å². The molecule has 0 spiro atoms. The lowest BCUT2D eigenvalue weighted by Crippen LogP contribution is -2.64. The Morgan fingerprint density at radius 2 is 1.81 bits per heavy atom. The summed E-state index contributed by atoms with van der Waals surface area (Å²) in [5, 5.41) is 3.67. The summed E-state index contributed by atoms with van der Waals surface area (Å²) in [4.78, 5) is 40.7. The second kappa shape index (κ2) is 14.6. The van der Waals surface area contributed by atoms with Gasteiger partial charge in [-0.05, 0) is 84.7 Å². The van der Waals surface area contributed by atoms with E-state index in [0.29, 0.717) is 37.2 Å². The second-order valence-corrected chi connectivity index (χ2v) is 13.0. The minimum absolute atomic E-state index is 0.0193. The molecule has 0 saturated carbocycles. The molecule has 3 atom stereocenters. The number of piperazine rings is 1. The predicted octanol–water partition coefficient (Wildman–Crippen LogP) is 4.04. The number of carbonyl (C=O) groups is 2. The van der Waals surface area contributed by atoms with Gasteiger partial charge in [0.25, 0.3) is 6.02 Å². The first-order valence-electron chi connectivity index (χ1n) is 15.2. The van der Waals surface area contributed by atoms with Gasteiger partial charge < -0.3 is 24.8 Å². The zero-order valence-electron chi connectivity index (χ0n) is 26.4. The molecule has 0 bridgehead atoms. The quantitative estimate of drug-likeness (QED) is 0.387. The first-order valence-corrected chi connectivity index (χ1v) is 15.5. The Labute approximate surface area is 261 Å². The van der Waals surface area contributed by atoms with Crippen molar-refractivity contribution in [2.75, 3.05) is 54.4 Å². The SMILES string of the molecule is CN(C)CCCC[C@H](C(=O)N1CCN(C2=NC(C)(C)C(c3ccccc3)O2)C[C@H]1C(=O)NCc1cccc(Cl)c1)N(C)C. The van der Waals surface area contributed by atoms with Gasteiger partial charge in [0.2, 0.25) is 11.8 Å². The normalized spacial score (nSPS) is 20.6. The molecule has 2 aliphatic rings. The monoisotopic (exact) mass is 610 g/mol. The van der Waals surface area contributed by atoms with E-state index in [0.717, 1.165) is 36.9 Å². The number of halogens is 1. The molecule has 234 valence electrons. The van der Waals surface area contributed by atoms with Gasteiger partial charge in [0.15, 0.2) is 6.10 Å². The van der Waals surface area contributed by atoms with Crippen LogP contribution in [0.3, 0.4) is 0 Å². The summed E-state index contributed by atoms with van der Waals surface area (Å²) in [5.74, 6) is -0.227. The van der Waals surface area contributed by atoms with Crippen molar-refractivity contribution in [1.82, 2.24) is 24.9 Å². The second-order valence-electron chi connectivity index (χ2n) is 12.6. The van der Waals surface area contributed by atoms with Gasteiger partial charge in [0, 0.05) is 24.7 Å². The molecule has 4 rings (SSSR count). The number of rotatable bonds is 11. The van der Waals surface area contributed by atoms with E-state index in [1.54, 1.807) is 11.0 Å². The van der Waals surface area contributed by atoms with Gasteiger partial charge in [-0.3, -0.25) is 14.5 Å². The summed E-state index contributed by atoms with van der Waals surface area (Å²) >= 11 is 6.17. The van der Waals surface area contributed by atoms with E-state index in [-0.39, 0.29) is 24.0 Å². The van der Waals surface area contributed by atoms with Crippen LogP contribution in [-0.2, 0) is 20.9 Å². The molecule has 2 aliphatic heterocycles. The smallest absolute Gasteiger partial charge is 0.288 e. The first-order chi connectivity index (χ1) is 20.5. The van der Waals surface area contributed by atoms with E-state index in [9.17, 15) is 9.59 Å². The summed E-state index contributed by atoms with van der Waals surface area (Å²) in [5.41, 5.74) is 1.48. The lowest BCUT2D eigenvalue weighted by molar-refractivity contribution is -0.147. The number of nitrogens with zero attached hydrogens (tertiary/aromatic N) is 5. The number of aliphatic imine (C=N–C) groups is 1. The molecule has 2 aromatic rings. The molecule has 0 radical (unpaired) electrons. The summed E-state index contributed by atoms with van der Waals surface area (Å²) in [6, 6.07) is 17.0. The number of likely N-dealkylation sites (N-methyl/N-ethyl adjacent to an activating group) is 1. The Balaban J connectivity index is 1.53. The number of unbranched alkanes of at least 4 members (excludes halogenated alkanes) is 1. The summed E-state index contributed by atoms with van der Waals surface area (Å²) in [6.45, 7) is 6.64. The van der Waals surface area contributed by atoms with Crippen molar-refractivity contribution < 1.29 is 14.3 Å². The summed E-state index contributed by atoms with van der Waals surface area (Å²) in [6.07, 6.45) is 2.44. The van der Waals surface area contributed by atoms with Crippen molar-refractivity contribution in [3.63, 3.8) is 0 Å². The fraction of sp³-hybridized carbons (Fsp3) is 0.545. The highest BCUT2D eigenvalue weighted by atomic mass is 35.5. The maximum absolute atomic E-state index is 14.1. The highest BCUT2D eigenvalue weighted by Crippen LogP contribution is 2.38. The largest absolute Gasteiger partial charge is 0.454 e. The topological polar surface area (TPSA) is 80.7 Å². The number of ether oxygens (including phenoxy) is 1. The van der Waals surface area contributed by atoms with Gasteiger partial charge in [-0.1, -0.05) is 60.5 Å². The van der Waals surface area contributed by atoms with Gasteiger partial charge in [0.05, 0.1) is 12.6 Å². The number of amides is 2. The van der Waals surface area contributed by atoms with Crippen LogP contribution in [0.15, 0.2) is 59.6 Å². The zero-order chi connectivity index (χ0) is 31.1. The van der Waals surface area contributed by atoms with Gasteiger partial charge in [-0.25, -0.2) is 4.99 Å². The molecule has 2 heterocycles. The average Bonchev–Trinajstić information content (AvgIpc) is 3.30. The van der Waals surface area contributed by atoms with Crippen LogP contribution in [0.5, 0.6) is 0 Å². The van der Waals surface area contributed by atoms with Crippen molar-refractivity contribution in [2.24, 2.45) is 4.99 Å². The molecule has 1 saturated heterocycles. The van der Waals surface area contributed by atoms with E-state index in [4.69, 9.17) is 21.3 Å². The molecule has 2 aromatic carbocycles. The van der Waals surface area contributed by atoms with Crippen LogP contribution in [0.25, 0.3) is 0 Å². The molecule has 0 aromatic heterocycles. The molecule has 0 aliphatic carbocycles. The molecular formula is C33H47ClN6O3. The van der Waals surface area contributed by atoms with Crippen LogP contribution < -0.4 is 5.32 Å². The standard InChI is InChI=1S/C33H47ClN6O3/c1-33(2)29(25-14-8-7-9-15-25)43-32(36-33)39-19-20-40(31(42)27(38(5)6)17-10-11-18-37(3)4)28(23-39)30(41)35-22-24-13-12-16-26(34)21-24/h7-9,12-16,21,27-29H,10-11,17-20,22-23H2,1-6H3,(H,35,41)/t27-,28+,29?/m1/s1. The van der Waals surface area contributed by atoms with E-state index in [1.807, 2.05) is 72.4 Å². The van der Waals surface area contributed by atoms with Gasteiger partial charge in [0.1, 0.15) is 11.6 Å². The number of carbonyl (C=O) groups excluding carboxylic acids is 2. The number of nitrogens with one attached hydrogen (secondary N) is 1. The van der Waals surface area contributed by atoms with E-state index >= 15 is 0 Å². The molecule has 1 N–H and O–H groups in total. The molecular weight excluding hydrogens is 564 g/mol. The van der Waals surface area contributed by atoms with Gasteiger partial charge >= 0.3 is 0 Å². The van der Waals surface area contributed by atoms with Crippen molar-refractivity contribution in [2.45, 2.75) is 63.4 Å². The summed E-state index contributed by atoms with van der Waals surface area (Å²) in [7, 11) is 7.99. The summed E-state index contributed by atoms with van der Waals surface area (Å²) < 4.78 is 6.45. The maximum atomic E-state index is 14.1. The van der Waals surface area contributed by atoms with Crippen LogP contribution in [-0.4, -0.2) is 109 Å². The van der Waals surface area contributed by atoms with E-state index in [1.165, 1.54) is 0 Å². The average molecular weight is 611 g/mol. The fourth-order valence-electron chi connectivity index (χ4n) is 5.79. The van der Waals surface area contributed by atoms with Crippen LogP contribution in [0.4, 0.5) is 0 Å². The Morgan fingerprint density at radius 1 is 1.07 bits per heavy atom. The maximum Gasteiger partial charge on any atom is 0.288 e. The third kappa shape index (κ3) is 8.49. The Kier molecular flexibility index (Phi) is 11.1. The van der Waals surface area contributed by atoms with Crippen molar-refractivity contribution in [1.29, 1.82) is 0 Å². The molecule has 1 fully saturated rings. The first kappa shape index (κ1) is 32.8. The minimum atomic E-state index is -0.699. The third-order valence-corrected chi connectivity index (χ3v) is 8.42. The third-order valence-electron chi connectivity index (χ3n) is 8.18. The minimum Gasteiger partial charge on any atom is -0.454 e. The molecule has 1 unspecified atom stereocenters. The number of hydrogen-bond donors (Lipinski definition) is 1. The molecule has 9 nitrogen and oxygen atoms in total. The lowest BCUT2D eigenvalue weighted by Gasteiger charge is -2.42. The number of benzene rings is 2. The molecule has 2 amide bonds. The van der Waals surface area contributed by atoms with Crippen molar-refractivity contribution >= 4 is 29.4 Å². The Bertz CT molecular complexity index is 1270. The Hall–Kier alpha value is -3.14. The molecule has 43 heavy (non-hydrogen) atoms. The van der Waals surface area contributed by atoms with Crippen LogP contribution >= 0.6 is 11.6 Å². The van der Waals surface area contributed by atoms with Gasteiger partial charge in [-0.2, -0.15) is 0 Å². The fourth-order valence-corrected chi connectivity index (χ4v) is 6.00. The van der Waals surface area contributed by atoms with Crippen molar-refractivity contribution in [3.8, 4) is 0 Å². The highest BCUT2D eigenvalue weighted by molar-refractivity contribution is 6.30. The Morgan fingerprint density at radius 3 is 2.49 bits per heavy atom. The van der Waals surface area contributed by atoms with E-state index < -0.39 is 11.6 Å². The zero-order valence-corrected chi connectivity index (χ0v) is 27.2. The predicted molar refractivity (Wildman–Crippen MR) is 172 cm³/mol. The van der Waals surface area contributed by atoms with Crippen LogP contribution in [0, 0.1) is 0 Å². The van der Waals surface area contributed by atoms with E-state index in [2.05, 4.69) is 38.2 Å².